The minimum atomic E-state index is -2.33. The summed E-state index contributed by atoms with van der Waals surface area (Å²) in [6.45, 7) is 7.21. The summed E-state index contributed by atoms with van der Waals surface area (Å²) in [7, 11) is 0. The summed E-state index contributed by atoms with van der Waals surface area (Å²) in [5, 5.41) is 26.7. The quantitative estimate of drug-likeness (QED) is 0.517. The standard InChI is InChI=1S/C8H8O5.C6H10O2/c9-6(10)5-3-1-2-4-8(5,13)7(11)12;1-4-8-6(7)5(2)3/h1-5,13H,(H,9,10)(H,11,12);2,4H2,1,3H3. The second-order valence-corrected chi connectivity index (χ2v) is 4.19. The number of hydrogen-bond acceptors (Lipinski definition) is 5. The van der Waals surface area contributed by atoms with Crippen LogP contribution in [0.1, 0.15) is 13.8 Å². The van der Waals surface area contributed by atoms with Gasteiger partial charge in [-0.1, -0.05) is 24.8 Å². The molecule has 0 saturated heterocycles. The SMILES string of the molecule is C=C(C)C(=O)OCC.O=C(O)C1C=CC=CC1(O)C(=O)O. The van der Waals surface area contributed by atoms with Crippen LogP contribution in [0.25, 0.3) is 0 Å². The number of esters is 1. The van der Waals surface area contributed by atoms with Crippen LogP contribution in [0.4, 0.5) is 0 Å². The minimum Gasteiger partial charge on any atom is -0.481 e. The molecule has 0 fully saturated rings. The van der Waals surface area contributed by atoms with Crippen LogP contribution in [0, 0.1) is 5.92 Å². The largest absolute Gasteiger partial charge is 0.481 e. The maximum Gasteiger partial charge on any atom is 0.341 e. The number of hydrogen-bond donors (Lipinski definition) is 3. The van der Waals surface area contributed by atoms with E-state index in [9.17, 15) is 19.5 Å². The highest BCUT2D eigenvalue weighted by molar-refractivity contribution is 5.89. The van der Waals surface area contributed by atoms with Crippen molar-refractivity contribution in [2.24, 2.45) is 5.92 Å². The molecule has 0 saturated carbocycles. The normalized spacial score (nSPS) is 22.7. The van der Waals surface area contributed by atoms with Gasteiger partial charge >= 0.3 is 17.9 Å². The summed E-state index contributed by atoms with van der Waals surface area (Å²) in [4.78, 5) is 31.6. The van der Waals surface area contributed by atoms with Gasteiger partial charge < -0.3 is 20.1 Å². The first-order chi connectivity index (χ1) is 9.66. The van der Waals surface area contributed by atoms with Gasteiger partial charge in [-0.05, 0) is 19.9 Å². The topological polar surface area (TPSA) is 121 Å². The molecule has 21 heavy (non-hydrogen) atoms. The fraction of sp³-hybridized carbons (Fsp3) is 0.357. The molecule has 1 aliphatic rings. The Balaban J connectivity index is 0.000000433. The molecule has 0 heterocycles. The Morgan fingerprint density at radius 1 is 1.29 bits per heavy atom. The minimum absolute atomic E-state index is 0.312. The van der Waals surface area contributed by atoms with Crippen molar-refractivity contribution >= 4 is 17.9 Å². The molecule has 7 heteroatoms. The molecule has 7 nitrogen and oxygen atoms in total. The first-order valence-electron chi connectivity index (χ1n) is 6.04. The molecule has 1 rings (SSSR count). The molecule has 0 amide bonds. The molecular weight excluding hydrogens is 280 g/mol. The number of aliphatic hydroxyl groups is 1. The van der Waals surface area contributed by atoms with Crippen molar-refractivity contribution in [3.8, 4) is 0 Å². The molecule has 0 aromatic carbocycles. The van der Waals surface area contributed by atoms with Gasteiger partial charge in [0.2, 0.25) is 0 Å². The average Bonchev–Trinajstić information content (AvgIpc) is 2.39. The van der Waals surface area contributed by atoms with Gasteiger partial charge in [0.25, 0.3) is 0 Å². The zero-order chi connectivity index (χ0) is 16.6. The van der Waals surface area contributed by atoms with E-state index in [0.717, 1.165) is 12.2 Å². The van der Waals surface area contributed by atoms with Crippen LogP contribution in [-0.4, -0.2) is 45.4 Å². The number of carboxylic acid groups (broad SMARTS) is 2. The second-order valence-electron chi connectivity index (χ2n) is 4.19. The van der Waals surface area contributed by atoms with Crippen molar-refractivity contribution in [3.05, 3.63) is 36.5 Å². The van der Waals surface area contributed by atoms with E-state index in [1.54, 1.807) is 13.8 Å². The number of carbonyl (C=O) groups is 3. The van der Waals surface area contributed by atoms with E-state index in [1.165, 1.54) is 12.2 Å². The van der Waals surface area contributed by atoms with E-state index >= 15 is 0 Å². The Morgan fingerprint density at radius 2 is 1.86 bits per heavy atom. The van der Waals surface area contributed by atoms with E-state index in [4.69, 9.17) is 10.2 Å². The van der Waals surface area contributed by atoms with Crippen LogP contribution in [0.5, 0.6) is 0 Å². The van der Waals surface area contributed by atoms with Crippen LogP contribution in [0.3, 0.4) is 0 Å². The van der Waals surface area contributed by atoms with Crippen LogP contribution < -0.4 is 0 Å². The van der Waals surface area contributed by atoms with Crippen molar-refractivity contribution in [2.75, 3.05) is 6.61 Å². The maximum absolute atomic E-state index is 10.6. The maximum atomic E-state index is 10.6. The Kier molecular flexibility index (Phi) is 7.09. The number of allylic oxidation sites excluding steroid dienone is 2. The van der Waals surface area contributed by atoms with E-state index in [-0.39, 0.29) is 5.97 Å². The first-order valence-corrected chi connectivity index (χ1v) is 6.04. The summed E-state index contributed by atoms with van der Waals surface area (Å²) in [6, 6.07) is 0. The van der Waals surface area contributed by atoms with Gasteiger partial charge in [0.1, 0.15) is 5.92 Å². The van der Waals surface area contributed by atoms with Gasteiger partial charge in [0, 0.05) is 5.57 Å². The number of carboxylic acids is 2. The fourth-order valence-electron chi connectivity index (χ4n) is 1.36. The summed E-state index contributed by atoms with van der Waals surface area (Å²) in [6.07, 6.45) is 4.77. The highest BCUT2D eigenvalue weighted by atomic mass is 16.5. The van der Waals surface area contributed by atoms with Crippen LogP contribution in [-0.2, 0) is 19.1 Å². The third-order valence-corrected chi connectivity index (χ3v) is 2.47. The zero-order valence-corrected chi connectivity index (χ0v) is 11.8. The number of carbonyl (C=O) groups excluding carboxylic acids is 1. The Hall–Kier alpha value is -2.41. The van der Waals surface area contributed by atoms with E-state index in [1.807, 2.05) is 0 Å². The molecule has 3 N–H and O–H groups in total. The van der Waals surface area contributed by atoms with Gasteiger partial charge in [0.05, 0.1) is 6.61 Å². The van der Waals surface area contributed by atoms with Crippen molar-refractivity contribution in [2.45, 2.75) is 19.4 Å². The van der Waals surface area contributed by atoms with Gasteiger partial charge in [-0.15, -0.1) is 0 Å². The second kappa shape index (κ2) is 8.01. The fourth-order valence-corrected chi connectivity index (χ4v) is 1.36. The predicted molar refractivity (Wildman–Crippen MR) is 73.4 cm³/mol. The van der Waals surface area contributed by atoms with E-state index in [0.29, 0.717) is 12.2 Å². The smallest absolute Gasteiger partial charge is 0.341 e. The van der Waals surface area contributed by atoms with Crippen LogP contribution in [0.15, 0.2) is 36.5 Å². The molecule has 0 spiro atoms. The van der Waals surface area contributed by atoms with Crippen LogP contribution in [0.2, 0.25) is 0 Å². The summed E-state index contributed by atoms with van der Waals surface area (Å²) >= 11 is 0. The van der Waals surface area contributed by atoms with Gasteiger partial charge in [-0.25, -0.2) is 9.59 Å². The van der Waals surface area contributed by atoms with Gasteiger partial charge in [-0.2, -0.15) is 0 Å². The molecule has 2 atom stereocenters. The van der Waals surface area contributed by atoms with Gasteiger partial charge in [0.15, 0.2) is 5.60 Å². The first kappa shape index (κ1) is 18.6. The summed E-state index contributed by atoms with van der Waals surface area (Å²) in [5.74, 6) is -4.69. The monoisotopic (exact) mass is 298 g/mol. The average molecular weight is 298 g/mol. The Labute approximate surface area is 121 Å². The molecule has 0 aromatic heterocycles. The lowest BCUT2D eigenvalue weighted by Gasteiger charge is -2.25. The lowest BCUT2D eigenvalue weighted by molar-refractivity contribution is -0.165. The molecule has 0 bridgehead atoms. The van der Waals surface area contributed by atoms with E-state index in [2.05, 4.69) is 11.3 Å². The molecule has 0 radical (unpaired) electrons. The van der Waals surface area contributed by atoms with Crippen molar-refractivity contribution < 1.29 is 34.4 Å². The van der Waals surface area contributed by atoms with Crippen molar-refractivity contribution in [1.82, 2.24) is 0 Å². The highest BCUT2D eigenvalue weighted by Gasteiger charge is 2.45. The molecule has 2 unspecified atom stereocenters. The van der Waals surface area contributed by atoms with Crippen LogP contribution >= 0.6 is 0 Å². The summed E-state index contributed by atoms with van der Waals surface area (Å²) in [5.41, 5.74) is -1.88. The third kappa shape index (κ3) is 5.23. The molecule has 0 aliphatic heterocycles. The van der Waals surface area contributed by atoms with Crippen molar-refractivity contribution in [3.63, 3.8) is 0 Å². The predicted octanol–water partition coefficient (Wildman–Crippen LogP) is 0.754. The zero-order valence-electron chi connectivity index (χ0n) is 11.8. The molecule has 116 valence electrons. The molecule has 0 aromatic rings. The van der Waals surface area contributed by atoms with Gasteiger partial charge in [-0.3, -0.25) is 4.79 Å². The number of ether oxygens (including phenoxy) is 1. The molecule has 1 aliphatic carbocycles. The third-order valence-electron chi connectivity index (χ3n) is 2.47. The molecular formula is C14H18O7. The summed E-state index contributed by atoms with van der Waals surface area (Å²) < 4.78 is 4.56. The Bertz CT molecular complexity index is 490. The number of rotatable bonds is 4. The lowest BCUT2D eigenvalue weighted by Crippen LogP contribution is -2.47. The van der Waals surface area contributed by atoms with Crippen molar-refractivity contribution in [1.29, 1.82) is 0 Å². The highest BCUT2D eigenvalue weighted by Crippen LogP contribution is 2.25. The van der Waals surface area contributed by atoms with E-state index < -0.39 is 23.5 Å². The number of aliphatic carboxylic acids is 2. The lowest BCUT2D eigenvalue weighted by atomic mass is 9.84. The Morgan fingerprint density at radius 3 is 2.14 bits per heavy atom.